The van der Waals surface area contributed by atoms with E-state index in [9.17, 15) is 9.18 Å². The number of nitrogens with zero attached hydrogens (tertiary/aromatic N) is 4. The summed E-state index contributed by atoms with van der Waals surface area (Å²) < 4.78 is 22.9. The zero-order chi connectivity index (χ0) is 28.7. The number of benzene rings is 3. The predicted molar refractivity (Wildman–Crippen MR) is 160 cm³/mol. The first kappa shape index (κ1) is 27.1. The average molecular weight is 585 g/mol. The number of aromatic nitrogens is 3. The number of hydrogen-bond acceptors (Lipinski definition) is 6. The first-order valence-corrected chi connectivity index (χ1v) is 14.4. The number of carbonyl (C=O) groups is 1. The van der Waals surface area contributed by atoms with Crippen LogP contribution in [0.15, 0.2) is 83.9 Å². The number of rotatable bonds is 6. The normalized spacial score (nSPS) is 13.9. The summed E-state index contributed by atoms with van der Waals surface area (Å²) in [5.74, 6) is -0.00604. The number of fused-ring (bicyclic) bond motifs is 3. The molecule has 0 saturated carbocycles. The van der Waals surface area contributed by atoms with Crippen LogP contribution in [0.3, 0.4) is 0 Å². The van der Waals surface area contributed by atoms with Crippen molar-refractivity contribution < 1.29 is 13.9 Å². The van der Waals surface area contributed by atoms with Gasteiger partial charge in [-0.05, 0) is 50.1 Å². The van der Waals surface area contributed by atoms with E-state index in [1.165, 1.54) is 17.4 Å². The van der Waals surface area contributed by atoms with Crippen LogP contribution in [0.4, 0.5) is 4.39 Å². The lowest BCUT2D eigenvalue weighted by Crippen LogP contribution is -2.15. The molecule has 206 valence electrons. The Balaban J connectivity index is 1.28. The first-order chi connectivity index (χ1) is 19.8. The largest absolute Gasteiger partial charge is 0.456 e. The Morgan fingerprint density at radius 1 is 0.976 bits per heavy atom. The van der Waals surface area contributed by atoms with Crippen molar-refractivity contribution in [1.29, 1.82) is 0 Å². The second-order valence-corrected chi connectivity index (χ2v) is 11.4. The molecule has 2 aromatic heterocycles. The van der Waals surface area contributed by atoms with E-state index in [0.717, 1.165) is 43.9 Å². The van der Waals surface area contributed by atoms with Gasteiger partial charge in [-0.3, -0.25) is 14.4 Å². The van der Waals surface area contributed by atoms with Gasteiger partial charge >= 0.3 is 5.97 Å². The highest BCUT2D eigenvalue weighted by atomic mass is 35.5. The number of aryl methyl sites for hydroxylation is 1. The Hall–Kier alpha value is -4.14. The smallest absolute Gasteiger partial charge is 0.313 e. The maximum absolute atomic E-state index is 15.0. The molecule has 9 heteroatoms. The molecule has 1 aliphatic rings. The van der Waals surface area contributed by atoms with Crippen LogP contribution in [-0.2, 0) is 16.1 Å². The van der Waals surface area contributed by atoms with E-state index >= 15 is 0 Å². The summed E-state index contributed by atoms with van der Waals surface area (Å²) in [4.78, 5) is 18.9. The van der Waals surface area contributed by atoms with Crippen molar-refractivity contribution in [1.82, 2.24) is 14.8 Å². The van der Waals surface area contributed by atoms with Crippen LogP contribution in [0.1, 0.15) is 59.1 Å². The van der Waals surface area contributed by atoms with Crippen LogP contribution >= 0.6 is 22.9 Å². The summed E-state index contributed by atoms with van der Waals surface area (Å²) in [6.45, 7) is 5.82. The highest BCUT2D eigenvalue weighted by molar-refractivity contribution is 7.15. The van der Waals surface area contributed by atoms with Crippen LogP contribution in [-0.4, -0.2) is 26.4 Å². The van der Waals surface area contributed by atoms with Crippen LogP contribution in [0, 0.1) is 12.7 Å². The second-order valence-electron chi connectivity index (χ2n) is 9.92. The molecule has 2 unspecified atom stereocenters. The predicted octanol–water partition coefficient (Wildman–Crippen LogP) is 7.86. The van der Waals surface area contributed by atoms with E-state index in [0.29, 0.717) is 22.7 Å². The van der Waals surface area contributed by atoms with Crippen molar-refractivity contribution >= 4 is 34.6 Å². The lowest BCUT2D eigenvalue weighted by atomic mass is 9.97. The van der Waals surface area contributed by atoms with E-state index in [-0.39, 0.29) is 5.82 Å². The summed E-state index contributed by atoms with van der Waals surface area (Å²) in [6.07, 6.45) is -0.553. The van der Waals surface area contributed by atoms with E-state index in [4.69, 9.17) is 21.3 Å². The fourth-order valence-electron chi connectivity index (χ4n) is 4.95. The van der Waals surface area contributed by atoms with Gasteiger partial charge in [0, 0.05) is 26.6 Å². The summed E-state index contributed by atoms with van der Waals surface area (Å²) in [7, 11) is 0. The third-order valence-electron chi connectivity index (χ3n) is 7.21. The number of esters is 1. The first-order valence-electron chi connectivity index (χ1n) is 13.2. The molecule has 1 aliphatic heterocycles. The molecule has 3 heterocycles. The summed E-state index contributed by atoms with van der Waals surface area (Å²) in [5.41, 5.74) is 4.26. The number of ether oxygens (including phenoxy) is 1. The van der Waals surface area contributed by atoms with Crippen LogP contribution in [0.25, 0.3) is 16.1 Å². The lowest BCUT2D eigenvalue weighted by Gasteiger charge is -2.17. The lowest BCUT2D eigenvalue weighted by molar-refractivity contribution is -0.149. The molecule has 0 N–H and O–H groups in total. The molecule has 0 fully saturated rings. The van der Waals surface area contributed by atoms with Gasteiger partial charge < -0.3 is 4.74 Å². The molecule has 3 aromatic carbocycles. The third-order valence-corrected chi connectivity index (χ3v) is 8.83. The standard InChI is InChI=1S/C32H26ClFN4O2S/c1-18(22-13-14-23(27(34)15-22)21-9-5-4-6-10-21)32(39)40-19(2)28-16-25-30(24-11-7-8-12-26(24)33)35-17-29-37-36-20(3)38(29)31(25)41-28/h4-16,18-19H,17H2,1-3H3. The van der Waals surface area contributed by atoms with Gasteiger partial charge in [0.15, 0.2) is 5.82 Å². The van der Waals surface area contributed by atoms with Gasteiger partial charge in [0.2, 0.25) is 0 Å². The van der Waals surface area contributed by atoms with Crippen molar-refractivity contribution in [3.05, 3.63) is 123 Å². The van der Waals surface area contributed by atoms with Gasteiger partial charge in [0.05, 0.1) is 11.6 Å². The summed E-state index contributed by atoms with van der Waals surface area (Å²) in [6, 6.07) is 23.8. The minimum absolute atomic E-state index is 0.361. The molecular weight excluding hydrogens is 559 g/mol. The molecule has 6 rings (SSSR count). The second kappa shape index (κ2) is 11.0. The Morgan fingerprint density at radius 3 is 2.49 bits per heavy atom. The van der Waals surface area contributed by atoms with Crippen molar-refractivity contribution in [3.63, 3.8) is 0 Å². The third kappa shape index (κ3) is 5.09. The Kier molecular flexibility index (Phi) is 7.28. The van der Waals surface area contributed by atoms with E-state index in [1.54, 1.807) is 19.1 Å². The molecule has 0 aliphatic carbocycles. The number of hydrogen-bond donors (Lipinski definition) is 0. The zero-order valence-electron chi connectivity index (χ0n) is 22.6. The minimum Gasteiger partial charge on any atom is -0.456 e. The van der Waals surface area contributed by atoms with Gasteiger partial charge in [-0.25, -0.2) is 4.39 Å². The Bertz CT molecular complexity index is 1800. The highest BCUT2D eigenvalue weighted by Gasteiger charge is 2.28. The van der Waals surface area contributed by atoms with Crippen molar-refractivity contribution in [2.24, 2.45) is 4.99 Å². The Morgan fingerprint density at radius 2 is 1.73 bits per heavy atom. The summed E-state index contributed by atoms with van der Waals surface area (Å²) >= 11 is 8.07. The monoisotopic (exact) mass is 584 g/mol. The quantitative estimate of drug-likeness (QED) is 0.191. The molecule has 6 nitrogen and oxygen atoms in total. The van der Waals surface area contributed by atoms with Gasteiger partial charge in [-0.1, -0.05) is 72.3 Å². The van der Waals surface area contributed by atoms with Crippen LogP contribution < -0.4 is 0 Å². The fourth-order valence-corrected chi connectivity index (χ4v) is 6.38. The van der Waals surface area contributed by atoms with Crippen LogP contribution in [0.5, 0.6) is 0 Å². The van der Waals surface area contributed by atoms with Gasteiger partial charge in [0.1, 0.15) is 29.3 Å². The maximum atomic E-state index is 15.0. The number of carbonyl (C=O) groups excluding carboxylic acids is 1. The SMILES string of the molecule is Cc1nnc2n1-c1sc(C(C)OC(=O)C(C)c3ccc(-c4ccccc4)c(F)c3)cc1C(c1ccccc1Cl)=NC2. The Labute approximate surface area is 246 Å². The van der Waals surface area contributed by atoms with Crippen molar-refractivity contribution in [2.45, 2.75) is 39.3 Å². The van der Waals surface area contributed by atoms with Gasteiger partial charge in [0.25, 0.3) is 0 Å². The van der Waals surface area contributed by atoms with Crippen molar-refractivity contribution in [3.8, 4) is 16.1 Å². The molecule has 0 radical (unpaired) electrons. The van der Waals surface area contributed by atoms with E-state index in [1.807, 2.05) is 79.1 Å². The molecule has 2 atom stereocenters. The highest BCUT2D eigenvalue weighted by Crippen LogP contribution is 2.38. The topological polar surface area (TPSA) is 69.4 Å². The van der Waals surface area contributed by atoms with E-state index in [2.05, 4.69) is 10.2 Å². The number of halogens is 2. The number of thiophene rings is 1. The summed E-state index contributed by atoms with van der Waals surface area (Å²) in [5, 5.41) is 10.1. The van der Waals surface area contributed by atoms with E-state index < -0.39 is 18.0 Å². The maximum Gasteiger partial charge on any atom is 0.313 e. The molecular formula is C32H26ClFN4O2S. The molecule has 0 amide bonds. The number of aliphatic imine (C=N–C) groups is 1. The molecule has 0 saturated heterocycles. The molecule has 41 heavy (non-hydrogen) atoms. The average Bonchev–Trinajstić information content (AvgIpc) is 3.53. The van der Waals surface area contributed by atoms with Gasteiger partial charge in [-0.2, -0.15) is 0 Å². The van der Waals surface area contributed by atoms with Gasteiger partial charge in [-0.15, -0.1) is 21.5 Å². The molecule has 0 spiro atoms. The fraction of sp³-hybridized carbons (Fsp3) is 0.188. The minimum atomic E-state index is -0.651. The molecule has 0 bridgehead atoms. The van der Waals surface area contributed by atoms with Crippen molar-refractivity contribution in [2.75, 3.05) is 0 Å². The van der Waals surface area contributed by atoms with Crippen LogP contribution in [0.2, 0.25) is 5.02 Å². The zero-order valence-corrected chi connectivity index (χ0v) is 24.2. The molecule has 5 aromatic rings.